The maximum absolute atomic E-state index is 12.5. The van der Waals surface area contributed by atoms with Crippen molar-refractivity contribution in [1.82, 2.24) is 0 Å². The minimum absolute atomic E-state index is 0.279. The van der Waals surface area contributed by atoms with Gasteiger partial charge in [-0.25, -0.2) is 0 Å². The van der Waals surface area contributed by atoms with Gasteiger partial charge in [-0.2, -0.15) is 0 Å². The summed E-state index contributed by atoms with van der Waals surface area (Å²) < 4.78 is 15.6. The molecule has 0 spiro atoms. The molecule has 1 amide bonds. The first-order valence-electron chi connectivity index (χ1n) is 8.04. The number of nitrogens with zero attached hydrogens (tertiary/aromatic N) is 1. The Hall–Kier alpha value is -3.22. The third-order valence-electron chi connectivity index (χ3n) is 4.02. The number of hydrogen-bond acceptors (Lipinski definition) is 6. The van der Waals surface area contributed by atoms with Gasteiger partial charge in [-0.3, -0.25) is 4.79 Å². The van der Waals surface area contributed by atoms with E-state index in [1.54, 1.807) is 32.4 Å². The molecule has 26 heavy (non-hydrogen) atoms. The number of ether oxygens (including phenoxy) is 3. The fraction of sp³-hybridized carbons (Fsp3) is 0.263. The number of rotatable bonds is 6. The van der Waals surface area contributed by atoms with E-state index < -0.39 is 6.10 Å². The van der Waals surface area contributed by atoms with Crippen LogP contribution in [0.2, 0.25) is 0 Å². The van der Waals surface area contributed by atoms with Crippen LogP contribution in [0.4, 0.5) is 5.69 Å². The molecule has 1 aliphatic rings. The SMILES string of the molecule is COc1cccc(C2=NO[C@@H](C(=O)Nc3ccc(OC)c(OC)c3)C2)c1. The van der Waals surface area contributed by atoms with Gasteiger partial charge in [-0.15, -0.1) is 0 Å². The van der Waals surface area contributed by atoms with E-state index in [9.17, 15) is 4.79 Å². The fourth-order valence-corrected chi connectivity index (χ4v) is 2.63. The normalized spacial score (nSPS) is 15.7. The summed E-state index contributed by atoms with van der Waals surface area (Å²) in [5, 5.41) is 6.85. The summed E-state index contributed by atoms with van der Waals surface area (Å²) in [5.74, 6) is 1.57. The maximum Gasteiger partial charge on any atom is 0.268 e. The van der Waals surface area contributed by atoms with Crippen molar-refractivity contribution in [2.45, 2.75) is 12.5 Å². The maximum atomic E-state index is 12.5. The van der Waals surface area contributed by atoms with Crippen LogP contribution in [0.15, 0.2) is 47.6 Å². The Balaban J connectivity index is 1.65. The predicted molar refractivity (Wildman–Crippen MR) is 97.2 cm³/mol. The third-order valence-corrected chi connectivity index (χ3v) is 4.02. The van der Waals surface area contributed by atoms with Gasteiger partial charge in [0.25, 0.3) is 5.91 Å². The second kappa shape index (κ2) is 7.77. The van der Waals surface area contributed by atoms with Crippen LogP contribution < -0.4 is 19.5 Å². The van der Waals surface area contributed by atoms with Crippen LogP contribution in [0.1, 0.15) is 12.0 Å². The Morgan fingerprint density at radius 1 is 1.08 bits per heavy atom. The van der Waals surface area contributed by atoms with Gasteiger partial charge in [0.2, 0.25) is 6.10 Å². The second-order valence-electron chi connectivity index (χ2n) is 5.63. The molecule has 0 aliphatic carbocycles. The molecule has 0 aromatic heterocycles. The van der Waals surface area contributed by atoms with Crippen LogP contribution in [-0.2, 0) is 9.63 Å². The first kappa shape index (κ1) is 17.6. The highest BCUT2D eigenvalue weighted by Crippen LogP contribution is 2.30. The largest absolute Gasteiger partial charge is 0.497 e. The molecule has 7 nitrogen and oxygen atoms in total. The molecule has 0 fully saturated rings. The third kappa shape index (κ3) is 3.72. The van der Waals surface area contributed by atoms with Gasteiger partial charge in [-0.05, 0) is 24.3 Å². The van der Waals surface area contributed by atoms with Gasteiger partial charge < -0.3 is 24.4 Å². The van der Waals surface area contributed by atoms with Crippen LogP contribution in [0, 0.1) is 0 Å². The van der Waals surface area contributed by atoms with E-state index in [4.69, 9.17) is 19.0 Å². The van der Waals surface area contributed by atoms with Crippen molar-refractivity contribution in [3.05, 3.63) is 48.0 Å². The highest BCUT2D eigenvalue weighted by atomic mass is 16.6. The summed E-state index contributed by atoms with van der Waals surface area (Å²) >= 11 is 0. The standard InChI is InChI=1S/C19H20N2O5/c1-23-14-6-4-5-12(9-14)15-11-18(26-21-15)19(22)20-13-7-8-16(24-2)17(10-13)25-3/h4-10,18H,11H2,1-3H3,(H,20,22)/t18-/m1/s1. The van der Waals surface area contributed by atoms with E-state index in [1.165, 1.54) is 7.11 Å². The molecule has 2 aromatic carbocycles. The van der Waals surface area contributed by atoms with Gasteiger partial charge in [0.05, 0.1) is 27.0 Å². The first-order chi connectivity index (χ1) is 12.6. The van der Waals surface area contributed by atoms with Gasteiger partial charge in [0, 0.05) is 23.7 Å². The molecule has 1 atom stereocenters. The lowest BCUT2D eigenvalue weighted by molar-refractivity contribution is -0.125. The number of carbonyl (C=O) groups is 1. The molecular weight excluding hydrogens is 336 g/mol. The highest BCUT2D eigenvalue weighted by Gasteiger charge is 2.29. The number of hydrogen-bond donors (Lipinski definition) is 1. The number of amides is 1. The first-order valence-corrected chi connectivity index (χ1v) is 8.04. The number of oxime groups is 1. The molecule has 0 radical (unpaired) electrons. The molecule has 3 rings (SSSR count). The molecular formula is C19H20N2O5. The van der Waals surface area contributed by atoms with Crippen LogP contribution >= 0.6 is 0 Å². The van der Waals surface area contributed by atoms with Crippen molar-refractivity contribution in [1.29, 1.82) is 0 Å². The van der Waals surface area contributed by atoms with Crippen LogP contribution in [0.3, 0.4) is 0 Å². The van der Waals surface area contributed by atoms with Gasteiger partial charge in [0.15, 0.2) is 11.5 Å². The molecule has 1 aliphatic heterocycles. The summed E-state index contributed by atoms with van der Waals surface area (Å²) in [6.07, 6.45) is -0.309. The van der Waals surface area contributed by atoms with Crippen molar-refractivity contribution in [3.63, 3.8) is 0 Å². The van der Waals surface area contributed by atoms with E-state index in [2.05, 4.69) is 10.5 Å². The smallest absolute Gasteiger partial charge is 0.268 e. The topological polar surface area (TPSA) is 78.4 Å². The lowest BCUT2D eigenvalue weighted by atomic mass is 10.0. The lowest BCUT2D eigenvalue weighted by Crippen LogP contribution is -2.28. The summed E-state index contributed by atoms with van der Waals surface area (Å²) in [6.45, 7) is 0. The Morgan fingerprint density at radius 2 is 1.88 bits per heavy atom. The molecule has 1 heterocycles. The quantitative estimate of drug-likeness (QED) is 0.861. The molecule has 0 unspecified atom stereocenters. The monoisotopic (exact) mass is 356 g/mol. The Labute approximate surface area is 151 Å². The fourth-order valence-electron chi connectivity index (χ4n) is 2.63. The molecule has 136 valence electrons. The Morgan fingerprint density at radius 3 is 2.62 bits per heavy atom. The second-order valence-corrected chi connectivity index (χ2v) is 5.63. The molecule has 0 bridgehead atoms. The molecule has 1 N–H and O–H groups in total. The van der Waals surface area contributed by atoms with Crippen molar-refractivity contribution in [2.75, 3.05) is 26.6 Å². The Bertz CT molecular complexity index is 834. The number of anilines is 1. The summed E-state index contributed by atoms with van der Waals surface area (Å²) in [6, 6.07) is 12.6. The number of nitrogens with one attached hydrogen (secondary N) is 1. The van der Waals surface area contributed by atoms with E-state index in [1.807, 2.05) is 24.3 Å². The van der Waals surface area contributed by atoms with Crippen molar-refractivity contribution in [3.8, 4) is 17.2 Å². The summed E-state index contributed by atoms with van der Waals surface area (Å²) in [5.41, 5.74) is 2.16. The van der Waals surface area contributed by atoms with Gasteiger partial charge in [-0.1, -0.05) is 17.3 Å². The van der Waals surface area contributed by atoms with Crippen molar-refractivity contribution < 1.29 is 23.8 Å². The number of benzene rings is 2. The van der Waals surface area contributed by atoms with E-state index in [0.717, 1.165) is 11.3 Å². The van der Waals surface area contributed by atoms with E-state index in [-0.39, 0.29) is 5.91 Å². The van der Waals surface area contributed by atoms with E-state index >= 15 is 0 Å². The van der Waals surface area contributed by atoms with Gasteiger partial charge >= 0.3 is 0 Å². The van der Waals surface area contributed by atoms with Crippen LogP contribution in [0.25, 0.3) is 0 Å². The number of methoxy groups -OCH3 is 3. The molecule has 2 aromatic rings. The number of carbonyl (C=O) groups excluding carboxylic acids is 1. The molecule has 7 heteroatoms. The summed E-state index contributed by atoms with van der Waals surface area (Å²) in [4.78, 5) is 17.8. The lowest BCUT2D eigenvalue weighted by Gasteiger charge is -2.12. The minimum Gasteiger partial charge on any atom is -0.497 e. The van der Waals surface area contributed by atoms with Crippen LogP contribution in [-0.4, -0.2) is 39.1 Å². The minimum atomic E-state index is -0.690. The Kier molecular flexibility index (Phi) is 5.26. The average molecular weight is 356 g/mol. The zero-order valence-corrected chi connectivity index (χ0v) is 14.8. The summed E-state index contributed by atoms with van der Waals surface area (Å²) in [7, 11) is 4.70. The predicted octanol–water partition coefficient (Wildman–Crippen LogP) is 2.84. The molecule has 0 saturated heterocycles. The van der Waals surface area contributed by atoms with Crippen molar-refractivity contribution in [2.24, 2.45) is 5.16 Å². The molecule has 0 saturated carbocycles. The zero-order chi connectivity index (χ0) is 18.5. The van der Waals surface area contributed by atoms with Crippen LogP contribution in [0.5, 0.6) is 17.2 Å². The van der Waals surface area contributed by atoms with E-state index in [0.29, 0.717) is 29.3 Å². The average Bonchev–Trinajstić information content (AvgIpc) is 3.18. The van der Waals surface area contributed by atoms with Crippen molar-refractivity contribution >= 4 is 17.3 Å². The zero-order valence-electron chi connectivity index (χ0n) is 14.8. The highest BCUT2D eigenvalue weighted by molar-refractivity contribution is 6.06. The van der Waals surface area contributed by atoms with Gasteiger partial charge in [0.1, 0.15) is 5.75 Å².